The van der Waals surface area contributed by atoms with Crippen LogP contribution < -0.4 is 5.32 Å². The summed E-state index contributed by atoms with van der Waals surface area (Å²) >= 11 is 3.17. The highest BCUT2D eigenvalue weighted by atomic mass is 79.9. The molecule has 0 aliphatic carbocycles. The molecule has 2 aromatic heterocycles. The van der Waals surface area contributed by atoms with E-state index in [0.717, 1.165) is 0 Å². The van der Waals surface area contributed by atoms with Crippen molar-refractivity contribution in [2.24, 2.45) is 0 Å². The lowest BCUT2D eigenvalue weighted by atomic mass is 10.2. The lowest BCUT2D eigenvalue weighted by molar-refractivity contribution is 0.515. The predicted molar refractivity (Wildman–Crippen MR) is 69.2 cm³/mol. The Labute approximate surface area is 113 Å². The number of hydrogen-bond donors (Lipinski definition) is 1. The van der Waals surface area contributed by atoms with E-state index in [-0.39, 0.29) is 11.9 Å². The Hall–Kier alpha value is -1.40. The minimum Gasteiger partial charge on any atom is -0.302 e. The maximum absolute atomic E-state index is 13.5. The lowest BCUT2D eigenvalue weighted by Gasteiger charge is -2.12. The third-order valence-electron chi connectivity index (χ3n) is 2.43. The minimum atomic E-state index is -0.335. The SMILES string of the molecule is CC(NCc1ncc(Br)cc1F)c1ncccn1. The molecule has 1 N–H and O–H groups in total. The highest BCUT2D eigenvalue weighted by Crippen LogP contribution is 2.13. The smallest absolute Gasteiger partial charge is 0.147 e. The van der Waals surface area contributed by atoms with E-state index in [1.165, 1.54) is 6.07 Å². The number of nitrogens with one attached hydrogen (secondary N) is 1. The summed E-state index contributed by atoms with van der Waals surface area (Å²) in [5, 5.41) is 3.13. The topological polar surface area (TPSA) is 50.7 Å². The fourth-order valence-electron chi connectivity index (χ4n) is 1.45. The van der Waals surface area contributed by atoms with Gasteiger partial charge in [0.15, 0.2) is 0 Å². The van der Waals surface area contributed by atoms with Crippen molar-refractivity contribution < 1.29 is 4.39 Å². The molecule has 6 heteroatoms. The summed E-state index contributed by atoms with van der Waals surface area (Å²) in [6.45, 7) is 2.25. The minimum absolute atomic E-state index is 0.0592. The van der Waals surface area contributed by atoms with Gasteiger partial charge in [0.25, 0.3) is 0 Å². The van der Waals surface area contributed by atoms with E-state index < -0.39 is 0 Å². The molecule has 0 aliphatic heterocycles. The van der Waals surface area contributed by atoms with Crippen LogP contribution in [0, 0.1) is 5.82 Å². The van der Waals surface area contributed by atoms with Crippen LogP contribution in [-0.4, -0.2) is 15.0 Å². The van der Waals surface area contributed by atoms with Crippen molar-refractivity contribution in [3.05, 3.63) is 52.5 Å². The first-order valence-corrected chi connectivity index (χ1v) is 6.26. The first-order valence-electron chi connectivity index (χ1n) is 5.47. The van der Waals surface area contributed by atoms with E-state index in [9.17, 15) is 4.39 Å². The number of nitrogens with zero attached hydrogens (tertiary/aromatic N) is 3. The molecule has 0 radical (unpaired) electrons. The molecule has 0 spiro atoms. The average Bonchev–Trinajstić information content (AvgIpc) is 2.38. The van der Waals surface area contributed by atoms with Crippen molar-refractivity contribution in [1.82, 2.24) is 20.3 Å². The van der Waals surface area contributed by atoms with Crippen LogP contribution in [0.4, 0.5) is 4.39 Å². The van der Waals surface area contributed by atoms with Crippen LogP contribution in [-0.2, 0) is 6.54 Å². The molecule has 94 valence electrons. The standard InChI is InChI=1S/C12H12BrFN4/c1-8(12-15-3-2-4-16-12)17-7-11-10(14)5-9(13)6-18-11/h2-6,8,17H,7H2,1H3. The van der Waals surface area contributed by atoms with Gasteiger partial charge in [-0.3, -0.25) is 4.98 Å². The molecule has 2 heterocycles. The Balaban J connectivity index is 1.99. The van der Waals surface area contributed by atoms with E-state index in [1.807, 2.05) is 6.92 Å². The summed E-state index contributed by atoms with van der Waals surface area (Å²) < 4.78 is 14.2. The van der Waals surface area contributed by atoms with Gasteiger partial charge < -0.3 is 5.32 Å². The van der Waals surface area contributed by atoms with Crippen LogP contribution in [0.15, 0.2) is 35.2 Å². The number of halogens is 2. The molecule has 0 saturated carbocycles. The van der Waals surface area contributed by atoms with Crippen LogP contribution in [0.2, 0.25) is 0 Å². The van der Waals surface area contributed by atoms with E-state index in [1.54, 1.807) is 24.7 Å². The number of pyridine rings is 1. The second kappa shape index (κ2) is 5.97. The Morgan fingerprint density at radius 1 is 1.33 bits per heavy atom. The van der Waals surface area contributed by atoms with Crippen molar-refractivity contribution >= 4 is 15.9 Å². The Kier molecular flexibility index (Phi) is 4.33. The van der Waals surface area contributed by atoms with Crippen molar-refractivity contribution in [3.63, 3.8) is 0 Å². The van der Waals surface area contributed by atoms with Crippen LogP contribution in [0.1, 0.15) is 24.5 Å². The van der Waals surface area contributed by atoms with E-state index >= 15 is 0 Å². The number of hydrogen-bond acceptors (Lipinski definition) is 4. The maximum Gasteiger partial charge on any atom is 0.147 e. The highest BCUT2D eigenvalue weighted by Gasteiger charge is 2.10. The molecule has 0 fully saturated rings. The molecular weight excluding hydrogens is 299 g/mol. The molecular formula is C12H12BrFN4. The zero-order chi connectivity index (χ0) is 13.0. The van der Waals surface area contributed by atoms with Crippen molar-refractivity contribution in [3.8, 4) is 0 Å². The lowest BCUT2D eigenvalue weighted by Crippen LogP contribution is -2.21. The number of aromatic nitrogens is 3. The summed E-state index contributed by atoms with van der Waals surface area (Å²) in [7, 11) is 0. The highest BCUT2D eigenvalue weighted by molar-refractivity contribution is 9.10. The van der Waals surface area contributed by atoms with Gasteiger partial charge in [-0.1, -0.05) is 0 Å². The molecule has 0 bridgehead atoms. The van der Waals surface area contributed by atoms with Gasteiger partial charge in [0.2, 0.25) is 0 Å². The Bertz CT molecular complexity index is 521. The fraction of sp³-hybridized carbons (Fsp3) is 0.250. The monoisotopic (exact) mass is 310 g/mol. The molecule has 4 nitrogen and oxygen atoms in total. The van der Waals surface area contributed by atoms with Crippen molar-refractivity contribution in [2.75, 3.05) is 0 Å². The van der Waals surface area contributed by atoms with Crippen molar-refractivity contribution in [2.45, 2.75) is 19.5 Å². The van der Waals surface area contributed by atoms with Gasteiger partial charge in [-0.15, -0.1) is 0 Å². The first-order chi connectivity index (χ1) is 8.66. The second-order valence-electron chi connectivity index (χ2n) is 3.79. The summed E-state index contributed by atoms with van der Waals surface area (Å²) in [5.41, 5.74) is 0.376. The van der Waals surface area contributed by atoms with Gasteiger partial charge in [0, 0.05) is 29.6 Å². The van der Waals surface area contributed by atoms with Gasteiger partial charge in [0.05, 0.1) is 11.7 Å². The van der Waals surface area contributed by atoms with Gasteiger partial charge >= 0.3 is 0 Å². The van der Waals surface area contributed by atoms with E-state index in [4.69, 9.17) is 0 Å². The molecule has 18 heavy (non-hydrogen) atoms. The maximum atomic E-state index is 13.5. The van der Waals surface area contributed by atoms with E-state index in [2.05, 4.69) is 36.2 Å². The van der Waals surface area contributed by atoms with Gasteiger partial charge in [0.1, 0.15) is 11.6 Å². The molecule has 0 aromatic carbocycles. The van der Waals surface area contributed by atoms with Gasteiger partial charge in [-0.05, 0) is 35.0 Å². The molecule has 1 atom stereocenters. The summed E-state index contributed by atoms with van der Waals surface area (Å²) in [5.74, 6) is 0.341. The van der Waals surface area contributed by atoms with Crippen LogP contribution >= 0.6 is 15.9 Å². The zero-order valence-electron chi connectivity index (χ0n) is 9.77. The normalized spacial score (nSPS) is 12.4. The molecule has 0 aliphatic rings. The first kappa shape index (κ1) is 13.0. The zero-order valence-corrected chi connectivity index (χ0v) is 11.4. The Morgan fingerprint density at radius 3 is 2.72 bits per heavy atom. The molecule has 0 amide bonds. The summed E-state index contributed by atoms with van der Waals surface area (Å²) in [6.07, 6.45) is 4.93. The average molecular weight is 311 g/mol. The fourth-order valence-corrected chi connectivity index (χ4v) is 1.75. The molecule has 2 rings (SSSR count). The van der Waals surface area contributed by atoms with Crippen LogP contribution in [0.25, 0.3) is 0 Å². The Morgan fingerprint density at radius 2 is 2.06 bits per heavy atom. The van der Waals surface area contributed by atoms with Gasteiger partial charge in [-0.25, -0.2) is 14.4 Å². The predicted octanol–water partition coefficient (Wildman–Crippen LogP) is 2.62. The van der Waals surface area contributed by atoms with E-state index in [0.29, 0.717) is 22.5 Å². The molecule has 0 saturated heterocycles. The quantitative estimate of drug-likeness (QED) is 0.943. The van der Waals surface area contributed by atoms with Crippen LogP contribution in [0.3, 0.4) is 0 Å². The summed E-state index contributed by atoms with van der Waals surface area (Å²) in [4.78, 5) is 12.3. The number of rotatable bonds is 4. The van der Waals surface area contributed by atoms with Crippen LogP contribution in [0.5, 0.6) is 0 Å². The molecule has 2 aromatic rings. The largest absolute Gasteiger partial charge is 0.302 e. The second-order valence-corrected chi connectivity index (χ2v) is 4.71. The third-order valence-corrected chi connectivity index (χ3v) is 2.87. The van der Waals surface area contributed by atoms with Crippen molar-refractivity contribution in [1.29, 1.82) is 0 Å². The summed E-state index contributed by atoms with van der Waals surface area (Å²) in [6, 6.07) is 3.09. The molecule has 1 unspecified atom stereocenters. The third kappa shape index (κ3) is 3.30. The van der Waals surface area contributed by atoms with Gasteiger partial charge in [-0.2, -0.15) is 0 Å².